The summed E-state index contributed by atoms with van der Waals surface area (Å²) in [6, 6.07) is 3.77. The molecule has 0 bridgehead atoms. The fourth-order valence-corrected chi connectivity index (χ4v) is 1.55. The van der Waals surface area contributed by atoms with Crippen LogP contribution in [0.5, 0.6) is 5.75 Å². The van der Waals surface area contributed by atoms with Gasteiger partial charge in [-0.1, -0.05) is 12.1 Å². The predicted molar refractivity (Wildman–Crippen MR) is 64.4 cm³/mol. The number of ether oxygens (including phenoxy) is 1. The van der Waals surface area contributed by atoms with E-state index in [1.54, 1.807) is 0 Å². The van der Waals surface area contributed by atoms with Crippen LogP contribution in [-0.4, -0.2) is 16.4 Å². The lowest BCUT2D eigenvalue weighted by Gasteiger charge is -2.03. The molecule has 0 aliphatic rings. The lowest BCUT2D eigenvalue weighted by atomic mass is 10.2. The van der Waals surface area contributed by atoms with Crippen LogP contribution in [0.15, 0.2) is 22.7 Å². The van der Waals surface area contributed by atoms with E-state index in [1.807, 2.05) is 6.92 Å². The van der Waals surface area contributed by atoms with Crippen molar-refractivity contribution in [2.75, 3.05) is 0 Å². The average molecular weight is 264 g/mol. The molecule has 0 aliphatic carbocycles. The second-order valence-electron chi connectivity index (χ2n) is 3.98. The Morgan fingerprint density at radius 3 is 3.00 bits per heavy atom. The Hall–Kier alpha value is -2.24. The van der Waals surface area contributed by atoms with Crippen molar-refractivity contribution in [2.24, 2.45) is 0 Å². The van der Waals surface area contributed by atoms with Gasteiger partial charge in [0.05, 0.1) is 0 Å². The molecule has 1 aromatic heterocycles. The molecule has 0 aliphatic heterocycles. The van der Waals surface area contributed by atoms with E-state index in [9.17, 15) is 9.18 Å². The standard InChI is InChI=1S/C13H13FN2O3/c1-2-3-13-15-12(16-19-13)8-18-11-5-9(7-17)4-10(14)6-11/h4-7H,2-3,8H2,1H3. The van der Waals surface area contributed by atoms with Crippen molar-refractivity contribution in [3.8, 4) is 5.75 Å². The molecule has 0 unspecified atom stereocenters. The first kappa shape index (κ1) is 13.2. The van der Waals surface area contributed by atoms with Crippen molar-refractivity contribution in [1.82, 2.24) is 10.1 Å². The van der Waals surface area contributed by atoms with Gasteiger partial charge in [-0.15, -0.1) is 0 Å². The van der Waals surface area contributed by atoms with Gasteiger partial charge >= 0.3 is 0 Å². The van der Waals surface area contributed by atoms with E-state index in [-0.39, 0.29) is 17.9 Å². The smallest absolute Gasteiger partial charge is 0.226 e. The van der Waals surface area contributed by atoms with Crippen molar-refractivity contribution in [2.45, 2.75) is 26.4 Å². The molecule has 5 nitrogen and oxygen atoms in total. The van der Waals surface area contributed by atoms with Crippen LogP contribution in [0.2, 0.25) is 0 Å². The highest BCUT2D eigenvalue weighted by molar-refractivity contribution is 5.75. The molecular formula is C13H13FN2O3. The van der Waals surface area contributed by atoms with Gasteiger partial charge in [-0.3, -0.25) is 4.79 Å². The van der Waals surface area contributed by atoms with Crippen LogP contribution < -0.4 is 4.74 Å². The minimum Gasteiger partial charge on any atom is -0.485 e. The number of benzene rings is 1. The first-order chi connectivity index (χ1) is 9.21. The number of carbonyl (C=O) groups excluding carboxylic acids is 1. The summed E-state index contributed by atoms with van der Waals surface area (Å²) >= 11 is 0. The number of nitrogens with zero attached hydrogens (tertiary/aromatic N) is 2. The van der Waals surface area contributed by atoms with Crippen molar-refractivity contribution in [3.63, 3.8) is 0 Å². The van der Waals surface area contributed by atoms with Gasteiger partial charge < -0.3 is 9.26 Å². The molecule has 0 spiro atoms. The molecule has 0 amide bonds. The van der Waals surface area contributed by atoms with Crippen molar-refractivity contribution >= 4 is 6.29 Å². The monoisotopic (exact) mass is 264 g/mol. The molecule has 0 radical (unpaired) electrons. The Kier molecular flexibility index (Phi) is 4.22. The number of carbonyl (C=O) groups is 1. The maximum atomic E-state index is 13.2. The molecule has 0 saturated carbocycles. The second kappa shape index (κ2) is 6.08. The van der Waals surface area contributed by atoms with Gasteiger partial charge in [0.25, 0.3) is 0 Å². The Bertz CT molecular complexity index is 569. The molecule has 0 fully saturated rings. The molecule has 0 atom stereocenters. The minimum absolute atomic E-state index is 0.0644. The summed E-state index contributed by atoms with van der Waals surface area (Å²) in [5.74, 6) is 0.664. The van der Waals surface area contributed by atoms with E-state index >= 15 is 0 Å². The molecule has 19 heavy (non-hydrogen) atoms. The number of aldehydes is 1. The SMILES string of the molecule is CCCc1nc(COc2cc(F)cc(C=O)c2)no1. The van der Waals surface area contributed by atoms with Crippen LogP contribution >= 0.6 is 0 Å². The van der Waals surface area contributed by atoms with Gasteiger partial charge in [-0.05, 0) is 18.6 Å². The van der Waals surface area contributed by atoms with E-state index in [0.29, 0.717) is 24.4 Å². The number of aryl methyl sites for hydroxylation is 1. The number of aromatic nitrogens is 2. The van der Waals surface area contributed by atoms with Gasteiger partial charge in [0.15, 0.2) is 6.61 Å². The summed E-state index contributed by atoms with van der Waals surface area (Å²) in [6.07, 6.45) is 2.18. The molecule has 100 valence electrons. The van der Waals surface area contributed by atoms with Crippen LogP contribution in [0, 0.1) is 5.82 Å². The van der Waals surface area contributed by atoms with E-state index in [2.05, 4.69) is 10.1 Å². The van der Waals surface area contributed by atoms with Crippen molar-refractivity contribution in [1.29, 1.82) is 0 Å². The zero-order chi connectivity index (χ0) is 13.7. The highest BCUT2D eigenvalue weighted by Gasteiger charge is 2.07. The summed E-state index contributed by atoms with van der Waals surface area (Å²) in [5, 5.41) is 3.74. The molecule has 1 heterocycles. The first-order valence-electron chi connectivity index (χ1n) is 5.91. The van der Waals surface area contributed by atoms with Gasteiger partial charge in [-0.25, -0.2) is 4.39 Å². The molecular weight excluding hydrogens is 251 g/mol. The van der Waals surface area contributed by atoms with E-state index in [0.717, 1.165) is 12.5 Å². The fraction of sp³-hybridized carbons (Fsp3) is 0.308. The zero-order valence-corrected chi connectivity index (χ0v) is 10.4. The van der Waals surface area contributed by atoms with Gasteiger partial charge in [0.1, 0.15) is 17.9 Å². The van der Waals surface area contributed by atoms with E-state index < -0.39 is 5.82 Å². The molecule has 1 aromatic carbocycles. The largest absolute Gasteiger partial charge is 0.485 e. The summed E-state index contributed by atoms with van der Waals surface area (Å²) in [5.41, 5.74) is 0.217. The summed E-state index contributed by atoms with van der Waals surface area (Å²) in [6.45, 7) is 2.07. The molecule has 0 saturated heterocycles. The van der Waals surface area contributed by atoms with Gasteiger partial charge in [-0.2, -0.15) is 4.98 Å². The van der Waals surface area contributed by atoms with Crippen LogP contribution in [-0.2, 0) is 13.0 Å². The lowest BCUT2D eigenvalue weighted by molar-refractivity contribution is 0.112. The number of rotatable bonds is 6. The summed E-state index contributed by atoms with van der Waals surface area (Å²) < 4.78 is 23.5. The Morgan fingerprint density at radius 2 is 2.26 bits per heavy atom. The number of hydrogen-bond donors (Lipinski definition) is 0. The molecule has 0 N–H and O–H groups in total. The molecule has 2 aromatic rings. The third-order valence-corrected chi connectivity index (χ3v) is 2.37. The topological polar surface area (TPSA) is 65.2 Å². The van der Waals surface area contributed by atoms with Crippen LogP contribution in [0.25, 0.3) is 0 Å². The van der Waals surface area contributed by atoms with Crippen molar-refractivity contribution < 1.29 is 18.4 Å². The van der Waals surface area contributed by atoms with Crippen molar-refractivity contribution in [3.05, 3.63) is 41.3 Å². The maximum Gasteiger partial charge on any atom is 0.226 e. The van der Waals surface area contributed by atoms with E-state index in [4.69, 9.17) is 9.26 Å². The van der Waals surface area contributed by atoms with Crippen LogP contribution in [0.4, 0.5) is 4.39 Å². The zero-order valence-electron chi connectivity index (χ0n) is 10.4. The van der Waals surface area contributed by atoms with E-state index in [1.165, 1.54) is 12.1 Å². The fourth-order valence-electron chi connectivity index (χ4n) is 1.55. The Balaban J connectivity index is 2.01. The van der Waals surface area contributed by atoms with Crippen LogP contribution in [0.3, 0.4) is 0 Å². The Morgan fingerprint density at radius 1 is 1.42 bits per heavy atom. The highest BCUT2D eigenvalue weighted by Crippen LogP contribution is 2.16. The summed E-state index contributed by atoms with van der Waals surface area (Å²) in [4.78, 5) is 14.7. The quantitative estimate of drug-likeness (QED) is 0.750. The predicted octanol–water partition coefficient (Wildman–Crippen LogP) is 2.55. The summed E-state index contributed by atoms with van der Waals surface area (Å²) in [7, 11) is 0. The first-order valence-corrected chi connectivity index (χ1v) is 5.91. The minimum atomic E-state index is -0.528. The van der Waals surface area contributed by atoms with Gasteiger partial charge in [0, 0.05) is 18.1 Å². The Labute approximate surface area is 109 Å². The van der Waals surface area contributed by atoms with Gasteiger partial charge in [0.2, 0.25) is 11.7 Å². The normalized spacial score (nSPS) is 10.4. The maximum absolute atomic E-state index is 13.2. The molecule has 2 rings (SSSR count). The number of halogens is 1. The second-order valence-corrected chi connectivity index (χ2v) is 3.98. The lowest BCUT2D eigenvalue weighted by Crippen LogP contribution is -1.99. The number of hydrogen-bond acceptors (Lipinski definition) is 5. The van der Waals surface area contributed by atoms with Crippen LogP contribution in [0.1, 0.15) is 35.4 Å². The average Bonchev–Trinajstić information content (AvgIpc) is 2.84. The third-order valence-electron chi connectivity index (χ3n) is 2.37. The highest BCUT2D eigenvalue weighted by atomic mass is 19.1. The molecule has 6 heteroatoms. The third kappa shape index (κ3) is 3.61.